The van der Waals surface area contributed by atoms with Crippen molar-refractivity contribution in [3.8, 4) is 0 Å². The predicted octanol–water partition coefficient (Wildman–Crippen LogP) is 3.54. The van der Waals surface area contributed by atoms with Gasteiger partial charge in [-0.15, -0.1) is 0 Å². The molecule has 0 nitrogen and oxygen atoms in total. The second-order valence-corrected chi connectivity index (χ2v) is 4.56. The van der Waals surface area contributed by atoms with Crippen LogP contribution in [0.4, 0.5) is 0 Å². The lowest BCUT2D eigenvalue weighted by Crippen LogP contribution is -2.10. The first-order valence-corrected chi connectivity index (χ1v) is 5.30. The smallest absolute Gasteiger partial charge is 0.0167 e. The van der Waals surface area contributed by atoms with E-state index in [4.69, 9.17) is 0 Å². The van der Waals surface area contributed by atoms with E-state index >= 15 is 0 Å². The molecular weight excluding hydrogens is 156 g/mol. The van der Waals surface area contributed by atoms with E-state index < -0.39 is 0 Å². The monoisotopic (exact) mass is 174 g/mol. The van der Waals surface area contributed by atoms with E-state index in [1.165, 1.54) is 18.4 Å². The maximum absolute atomic E-state index is 2.41. The van der Waals surface area contributed by atoms with Crippen LogP contribution in [-0.2, 0) is 12.8 Å². The Balaban J connectivity index is 2.26. The number of rotatable bonds is 2. The minimum atomic E-state index is 0.700. The highest BCUT2D eigenvalue weighted by Gasteiger charge is 2.16. The maximum Gasteiger partial charge on any atom is -0.0167 e. The van der Waals surface area contributed by atoms with Crippen LogP contribution in [0.3, 0.4) is 0 Å². The molecule has 13 heavy (non-hydrogen) atoms. The average molecular weight is 174 g/mol. The molecule has 0 aliphatic heterocycles. The SMILES string of the molecule is CC(C)C(C)c1ccc2c(c1)CC2. The minimum absolute atomic E-state index is 0.700. The first kappa shape index (κ1) is 8.80. The first-order chi connectivity index (χ1) is 6.18. The molecular formula is C13H18. The summed E-state index contributed by atoms with van der Waals surface area (Å²) in [5, 5.41) is 0. The van der Waals surface area contributed by atoms with Crippen molar-refractivity contribution in [2.75, 3.05) is 0 Å². The van der Waals surface area contributed by atoms with Crippen molar-refractivity contribution in [1.29, 1.82) is 0 Å². The molecule has 1 aliphatic carbocycles. The summed E-state index contributed by atoms with van der Waals surface area (Å²) < 4.78 is 0. The quantitative estimate of drug-likeness (QED) is 0.643. The van der Waals surface area contributed by atoms with Crippen LogP contribution in [0.1, 0.15) is 43.4 Å². The van der Waals surface area contributed by atoms with Gasteiger partial charge < -0.3 is 0 Å². The van der Waals surface area contributed by atoms with Crippen LogP contribution in [0.15, 0.2) is 18.2 Å². The second kappa shape index (κ2) is 3.17. The van der Waals surface area contributed by atoms with Crippen LogP contribution >= 0.6 is 0 Å². The molecule has 1 aromatic carbocycles. The summed E-state index contributed by atoms with van der Waals surface area (Å²) in [7, 11) is 0. The highest BCUT2D eigenvalue weighted by Crippen LogP contribution is 2.29. The molecule has 1 aromatic rings. The van der Waals surface area contributed by atoms with Crippen LogP contribution < -0.4 is 0 Å². The predicted molar refractivity (Wildman–Crippen MR) is 57.1 cm³/mol. The van der Waals surface area contributed by atoms with Gasteiger partial charge in [-0.25, -0.2) is 0 Å². The van der Waals surface area contributed by atoms with Gasteiger partial charge in [0, 0.05) is 0 Å². The van der Waals surface area contributed by atoms with E-state index in [0.29, 0.717) is 5.92 Å². The molecule has 0 fully saturated rings. The van der Waals surface area contributed by atoms with Gasteiger partial charge in [-0.3, -0.25) is 0 Å². The lowest BCUT2D eigenvalue weighted by atomic mass is 9.82. The summed E-state index contributed by atoms with van der Waals surface area (Å²) in [6.45, 7) is 6.92. The molecule has 0 aromatic heterocycles. The minimum Gasteiger partial charge on any atom is -0.0622 e. The summed E-state index contributed by atoms with van der Waals surface area (Å²) in [5.41, 5.74) is 4.68. The molecule has 1 atom stereocenters. The third kappa shape index (κ3) is 1.50. The highest BCUT2D eigenvalue weighted by molar-refractivity contribution is 5.39. The third-order valence-electron chi connectivity index (χ3n) is 3.42. The summed E-state index contributed by atoms with van der Waals surface area (Å²) in [6.07, 6.45) is 2.60. The molecule has 0 saturated heterocycles. The second-order valence-electron chi connectivity index (χ2n) is 4.56. The number of fused-ring (bicyclic) bond motifs is 1. The molecule has 0 bridgehead atoms. The number of hydrogen-bond acceptors (Lipinski definition) is 0. The normalized spacial score (nSPS) is 16.6. The van der Waals surface area contributed by atoms with Crippen molar-refractivity contribution in [3.63, 3.8) is 0 Å². The van der Waals surface area contributed by atoms with E-state index in [1.807, 2.05) is 0 Å². The van der Waals surface area contributed by atoms with Gasteiger partial charge in [0.2, 0.25) is 0 Å². The fourth-order valence-corrected chi connectivity index (χ4v) is 1.88. The molecule has 0 saturated carbocycles. The van der Waals surface area contributed by atoms with Crippen LogP contribution in [0.25, 0.3) is 0 Å². The van der Waals surface area contributed by atoms with Gasteiger partial charge in [-0.1, -0.05) is 39.0 Å². The molecule has 0 spiro atoms. The number of aryl methyl sites for hydroxylation is 2. The Hall–Kier alpha value is -0.780. The zero-order chi connectivity index (χ0) is 9.42. The Kier molecular flexibility index (Phi) is 2.15. The van der Waals surface area contributed by atoms with Gasteiger partial charge >= 0.3 is 0 Å². The van der Waals surface area contributed by atoms with Crippen LogP contribution in [0, 0.1) is 5.92 Å². The average Bonchev–Trinajstić information content (AvgIpc) is 2.06. The van der Waals surface area contributed by atoms with E-state index in [1.54, 1.807) is 11.1 Å². The first-order valence-electron chi connectivity index (χ1n) is 5.30. The van der Waals surface area contributed by atoms with Gasteiger partial charge in [0.1, 0.15) is 0 Å². The molecule has 0 N–H and O–H groups in total. The van der Waals surface area contributed by atoms with Crippen molar-refractivity contribution < 1.29 is 0 Å². The van der Waals surface area contributed by atoms with Gasteiger partial charge in [0.05, 0.1) is 0 Å². The topological polar surface area (TPSA) is 0 Å². The fraction of sp³-hybridized carbons (Fsp3) is 0.538. The van der Waals surface area contributed by atoms with E-state index in [0.717, 1.165) is 5.92 Å². The van der Waals surface area contributed by atoms with Crippen LogP contribution in [-0.4, -0.2) is 0 Å². The van der Waals surface area contributed by atoms with Crippen molar-refractivity contribution in [1.82, 2.24) is 0 Å². The van der Waals surface area contributed by atoms with Crippen LogP contribution in [0.2, 0.25) is 0 Å². The van der Waals surface area contributed by atoms with Gasteiger partial charge in [0.15, 0.2) is 0 Å². The Morgan fingerprint density at radius 2 is 1.69 bits per heavy atom. The molecule has 0 amide bonds. The van der Waals surface area contributed by atoms with E-state index in [2.05, 4.69) is 39.0 Å². The lowest BCUT2D eigenvalue weighted by molar-refractivity contribution is 0.534. The Morgan fingerprint density at radius 1 is 1.00 bits per heavy atom. The Labute approximate surface area is 81.0 Å². The molecule has 1 aliphatic rings. The summed E-state index contributed by atoms with van der Waals surface area (Å²) >= 11 is 0. The third-order valence-corrected chi connectivity index (χ3v) is 3.42. The summed E-state index contributed by atoms with van der Waals surface area (Å²) in [5.74, 6) is 1.45. The zero-order valence-electron chi connectivity index (χ0n) is 8.80. The molecule has 2 rings (SSSR count). The zero-order valence-corrected chi connectivity index (χ0v) is 8.80. The Bertz CT molecular complexity index is 310. The standard InChI is InChI=1S/C13H18/c1-9(2)10(3)12-6-4-11-5-7-13(11)8-12/h4,6,8-10H,5,7H2,1-3H3. The van der Waals surface area contributed by atoms with Crippen LogP contribution in [0.5, 0.6) is 0 Å². The largest absolute Gasteiger partial charge is 0.0622 e. The van der Waals surface area contributed by atoms with Gasteiger partial charge in [-0.05, 0) is 41.4 Å². The van der Waals surface area contributed by atoms with Crippen molar-refractivity contribution in [2.24, 2.45) is 5.92 Å². The van der Waals surface area contributed by atoms with Gasteiger partial charge in [-0.2, -0.15) is 0 Å². The molecule has 0 heteroatoms. The highest BCUT2D eigenvalue weighted by atomic mass is 14.2. The molecule has 70 valence electrons. The van der Waals surface area contributed by atoms with E-state index in [9.17, 15) is 0 Å². The fourth-order valence-electron chi connectivity index (χ4n) is 1.88. The Morgan fingerprint density at radius 3 is 2.15 bits per heavy atom. The lowest BCUT2D eigenvalue weighted by Gasteiger charge is -2.23. The van der Waals surface area contributed by atoms with Crippen molar-refractivity contribution in [3.05, 3.63) is 34.9 Å². The van der Waals surface area contributed by atoms with Crippen molar-refractivity contribution in [2.45, 2.75) is 39.5 Å². The maximum atomic E-state index is 2.41. The van der Waals surface area contributed by atoms with Gasteiger partial charge in [0.25, 0.3) is 0 Å². The van der Waals surface area contributed by atoms with Crippen molar-refractivity contribution >= 4 is 0 Å². The number of benzene rings is 1. The number of hydrogen-bond donors (Lipinski definition) is 0. The molecule has 1 unspecified atom stereocenters. The summed E-state index contributed by atoms with van der Waals surface area (Å²) in [6, 6.07) is 7.03. The van der Waals surface area contributed by atoms with E-state index in [-0.39, 0.29) is 0 Å². The summed E-state index contributed by atoms with van der Waals surface area (Å²) in [4.78, 5) is 0. The molecule has 0 radical (unpaired) electrons. The molecule has 0 heterocycles.